The summed E-state index contributed by atoms with van der Waals surface area (Å²) in [4.78, 5) is 30.9. The van der Waals surface area contributed by atoms with Crippen LogP contribution in [0.25, 0.3) is 312 Å². The largest absolute Gasteiger partial charge is 0.423 e. The highest BCUT2D eigenvalue weighted by Crippen LogP contribution is 2.85. The number of ether oxygens (including phenoxy) is 1. The molecule has 5 heteroatoms. The van der Waals surface area contributed by atoms with Crippen LogP contribution in [0.3, 0.4) is 0 Å². The van der Waals surface area contributed by atoms with Crippen LogP contribution in [0.2, 0.25) is 0 Å². The number of carbonyl (C=O) groups excluding carboxylic acids is 2. The second-order valence-corrected chi connectivity index (χ2v) is 33.8. The number of esters is 1. The van der Waals surface area contributed by atoms with Crippen molar-refractivity contribution in [2.24, 2.45) is 0 Å². The van der Waals surface area contributed by atoms with Gasteiger partial charge in [-0.15, -0.1) is 0 Å². The third kappa shape index (κ3) is 2.85. The lowest BCUT2D eigenvalue weighted by atomic mass is 9.50. The third-order valence-electron chi connectivity index (χ3n) is 30.5. The Morgan fingerprint density at radius 3 is 0.867 bits per heavy atom. The molecule has 33 aromatic carbocycles. The van der Waals surface area contributed by atoms with Crippen molar-refractivity contribution in [3.05, 3.63) is 136 Å². The Bertz CT molecular complexity index is 8870. The Kier molecular flexibility index (Phi) is 4.61. The van der Waals surface area contributed by atoms with Gasteiger partial charge in [0.25, 0.3) is 0 Å². The second kappa shape index (κ2) is 10.8. The van der Waals surface area contributed by atoms with Crippen molar-refractivity contribution < 1.29 is 14.3 Å². The number of thioether (sulfide) groups is 1. The minimum atomic E-state index is -0.387. The molecule has 4 aliphatic carbocycles. The van der Waals surface area contributed by atoms with Crippen molar-refractivity contribution in [3.8, 4) is 17.6 Å². The van der Waals surface area contributed by atoms with E-state index >= 15 is 4.79 Å². The molecular weight excluding hydrogens is 1210 g/mol. The van der Waals surface area contributed by atoms with Gasteiger partial charge in [0.1, 0.15) is 5.75 Å². The number of rotatable bonds is 4. The molecule has 1 fully saturated rings. The van der Waals surface area contributed by atoms with E-state index in [2.05, 4.69) is 53.1 Å². The summed E-state index contributed by atoms with van der Waals surface area (Å²) in [5.74, 6) is 7.09. The number of carbonyl (C=O) groups is 2. The van der Waals surface area contributed by atoms with E-state index in [-0.39, 0.29) is 21.9 Å². The molecule has 0 atom stereocenters. The third-order valence-corrected chi connectivity index (χ3v) is 31.3. The summed E-state index contributed by atoms with van der Waals surface area (Å²) in [7, 11) is 0. The van der Waals surface area contributed by atoms with Crippen molar-refractivity contribution in [1.82, 2.24) is 0 Å². The molecular formula is C93H23NO3S. The lowest BCUT2D eigenvalue weighted by molar-refractivity contribution is -0.109. The molecule has 98 heavy (non-hydrogen) atoms. The molecule has 0 bridgehead atoms. The molecule has 2 spiro atoms. The van der Waals surface area contributed by atoms with Crippen LogP contribution in [0.4, 0.5) is 5.69 Å². The SMILES string of the molecule is CC(=O)Sc1ccc(C#Cc2c3ccccc3c(C(=O)Oc3ccc(N4CC56c7c8c9c%10c%11c%12c(c%13c%14c5c5c7c7c%15c8c8c9c9c%11c%11c%16c%12c%12c%13c%13c%14c%14c5c5c7c7c%15c%15c8c8c9c%11c9c%11c%16c%12c%12c%13c%13c%14c5c5c7c7c%15c8c9c8c%11c%12c%13c5c78)C%106C4)cc3)c3ccccc23)cc1. The fourth-order valence-corrected chi connectivity index (χ4v) is 29.8. The first-order valence-corrected chi connectivity index (χ1v) is 35.9. The quantitative estimate of drug-likeness (QED) is 0.0439. The summed E-state index contributed by atoms with van der Waals surface area (Å²) in [5, 5.41) is 91.0. The predicted molar refractivity (Wildman–Crippen MR) is 408 cm³/mol. The summed E-state index contributed by atoms with van der Waals surface area (Å²) in [5.41, 5.74) is 9.43. The van der Waals surface area contributed by atoms with Crippen LogP contribution in [-0.2, 0) is 15.6 Å². The number of anilines is 1. The Balaban J connectivity index is 0.665. The van der Waals surface area contributed by atoms with E-state index in [4.69, 9.17) is 4.74 Å². The topological polar surface area (TPSA) is 46.6 Å². The molecule has 33 aromatic rings. The molecule has 424 valence electrons. The number of benzene rings is 23. The van der Waals surface area contributed by atoms with Gasteiger partial charge < -0.3 is 9.64 Å². The zero-order valence-corrected chi connectivity index (χ0v) is 51.5. The molecule has 1 saturated heterocycles. The lowest BCUT2D eigenvalue weighted by Gasteiger charge is -2.49. The summed E-state index contributed by atoms with van der Waals surface area (Å²) in [6.45, 7) is 3.33. The number of hydrogen-bond donors (Lipinski definition) is 0. The van der Waals surface area contributed by atoms with E-state index in [1.165, 1.54) is 17.4 Å². The van der Waals surface area contributed by atoms with E-state index < -0.39 is 0 Å². The van der Waals surface area contributed by atoms with Crippen molar-refractivity contribution in [3.63, 3.8) is 0 Å². The van der Waals surface area contributed by atoms with Gasteiger partial charge in [-0.3, -0.25) is 4.79 Å². The van der Waals surface area contributed by atoms with Gasteiger partial charge in [-0.05, 0) is 383 Å². The fourth-order valence-electron chi connectivity index (χ4n) is 29.2. The number of nitrogens with zero attached hydrogens (tertiary/aromatic N) is 1. The summed E-state index contributed by atoms with van der Waals surface area (Å²) in [6.07, 6.45) is 0. The molecule has 0 aromatic heterocycles. The fraction of sp³-hybridized carbons (Fsp3) is 0.0538. The van der Waals surface area contributed by atoms with E-state index in [1.807, 2.05) is 60.7 Å². The zero-order chi connectivity index (χ0) is 60.5. The minimum Gasteiger partial charge on any atom is -0.423 e. The first kappa shape index (κ1) is 41.7. The number of hydrogen-bond acceptors (Lipinski definition) is 5. The molecule has 5 aliphatic rings. The summed E-state index contributed by atoms with van der Waals surface area (Å²) < 4.78 is 6.68. The summed E-state index contributed by atoms with van der Waals surface area (Å²) >= 11 is 1.22. The minimum absolute atomic E-state index is 0.0516. The highest BCUT2D eigenvalue weighted by molar-refractivity contribution is 8.13. The van der Waals surface area contributed by atoms with Gasteiger partial charge in [0.05, 0.1) is 16.4 Å². The van der Waals surface area contributed by atoms with Gasteiger partial charge in [0.2, 0.25) is 0 Å². The van der Waals surface area contributed by atoms with Gasteiger partial charge in [0.15, 0.2) is 5.12 Å². The molecule has 1 heterocycles. The normalized spacial score (nSPS) is 19.3. The Labute approximate surface area is 545 Å². The Hall–Kier alpha value is -12.1. The molecule has 0 amide bonds. The maximum absolute atomic E-state index is 15.3. The monoisotopic (exact) mass is 1230 g/mol. The molecule has 0 N–H and O–H groups in total. The molecule has 0 unspecified atom stereocenters. The molecule has 38 rings (SSSR count). The van der Waals surface area contributed by atoms with Crippen LogP contribution in [-0.4, -0.2) is 24.2 Å². The molecule has 4 nitrogen and oxygen atoms in total. The van der Waals surface area contributed by atoms with Gasteiger partial charge in [-0.2, -0.15) is 0 Å². The molecule has 0 saturated carbocycles. The highest BCUT2D eigenvalue weighted by atomic mass is 32.2. The van der Waals surface area contributed by atoms with Crippen LogP contribution in [0.5, 0.6) is 5.75 Å². The van der Waals surface area contributed by atoms with Crippen LogP contribution >= 0.6 is 11.8 Å². The van der Waals surface area contributed by atoms with Gasteiger partial charge in [0, 0.05) is 41.7 Å². The average Bonchev–Trinajstić information content (AvgIpc) is 1.38. The maximum atomic E-state index is 15.3. The molecule has 1 aliphatic heterocycles. The van der Waals surface area contributed by atoms with E-state index in [0.717, 1.165) is 50.7 Å². The van der Waals surface area contributed by atoms with Crippen LogP contribution in [0.15, 0.2) is 102 Å². The smallest absolute Gasteiger partial charge is 0.344 e. The standard InChI is InChI=1S/C93H23NO3S/c1-22(95)98-26-17-10-23(11-18-26)12-19-29-27-6-2-4-8-30(27)32(31-9-5-3-7-28(29)31)91(96)97-25-15-13-24(14-16-25)94-20-92-87-79-71-61-51-43-35-33-34-37-41-39(35)47-55-49(41)59-53-45(37)46-38(34)42-40-36(33)44(43)52-58-48(40)56-50(42)60-54(46)64-63(53)73-67(59)77-69(55)75(65(71)57(47)51)83(87)85(77)89-81(73)82-74(64)68(60)78-70(56)76-66(58)72(62(52)61)80(79)88(92)84(76)86(78)90(82)93(89,92)21-94/h2-11,13-18H,20-21H2,1H3. The van der Waals surface area contributed by atoms with E-state index in [0.29, 0.717) is 11.3 Å². The van der Waals surface area contributed by atoms with Crippen molar-refractivity contribution in [2.75, 3.05) is 18.0 Å². The molecule has 0 radical (unpaired) electrons. The summed E-state index contributed by atoms with van der Waals surface area (Å²) in [6, 6.07) is 32.8. The number of fused-ring (bicyclic) bond motifs is 2. The van der Waals surface area contributed by atoms with Crippen molar-refractivity contribution in [1.29, 1.82) is 0 Å². The Morgan fingerprint density at radius 2 is 0.592 bits per heavy atom. The van der Waals surface area contributed by atoms with Crippen LogP contribution < -0.4 is 9.64 Å². The van der Waals surface area contributed by atoms with Gasteiger partial charge >= 0.3 is 5.97 Å². The van der Waals surface area contributed by atoms with E-state index in [1.54, 1.807) is 320 Å². The highest BCUT2D eigenvalue weighted by Gasteiger charge is 2.73. The van der Waals surface area contributed by atoms with E-state index in [9.17, 15) is 4.79 Å². The van der Waals surface area contributed by atoms with Crippen LogP contribution in [0, 0.1) is 11.8 Å². The first-order chi connectivity index (χ1) is 48.5. The van der Waals surface area contributed by atoms with Gasteiger partial charge in [-0.1, -0.05) is 72.1 Å². The predicted octanol–water partition coefficient (Wildman–Crippen LogP) is 23.4. The maximum Gasteiger partial charge on any atom is 0.344 e. The second-order valence-electron chi connectivity index (χ2n) is 32.5. The zero-order valence-electron chi connectivity index (χ0n) is 50.7. The average molecular weight is 1230 g/mol. The first-order valence-electron chi connectivity index (χ1n) is 35.1. The van der Waals surface area contributed by atoms with Crippen molar-refractivity contribution >= 4 is 341 Å². The lowest BCUT2D eigenvalue weighted by Crippen LogP contribution is -2.51. The van der Waals surface area contributed by atoms with Gasteiger partial charge in [-0.25, -0.2) is 4.79 Å². The Morgan fingerprint density at radius 1 is 0.327 bits per heavy atom. The van der Waals surface area contributed by atoms with Crippen molar-refractivity contribution in [2.45, 2.75) is 22.6 Å². The van der Waals surface area contributed by atoms with Crippen LogP contribution in [0.1, 0.15) is 50.7 Å².